The highest BCUT2D eigenvalue weighted by Crippen LogP contribution is 2.32. The molecule has 8 heteroatoms. The summed E-state index contributed by atoms with van der Waals surface area (Å²) in [5, 5.41) is 10.6. The van der Waals surface area contributed by atoms with Crippen LogP contribution in [0.3, 0.4) is 0 Å². The fraction of sp³-hybridized carbons (Fsp3) is 0.167. The molecular formula is C12H11N3O3S2. The fourth-order valence-corrected chi connectivity index (χ4v) is 2.97. The topological polar surface area (TPSA) is 89.5 Å². The third-order valence-corrected chi connectivity index (χ3v) is 4.01. The summed E-state index contributed by atoms with van der Waals surface area (Å²) in [7, 11) is 0. The van der Waals surface area contributed by atoms with Gasteiger partial charge < -0.3 is 5.73 Å². The van der Waals surface area contributed by atoms with Gasteiger partial charge in [-0.05, 0) is 23.8 Å². The molecule has 1 aromatic carbocycles. The summed E-state index contributed by atoms with van der Waals surface area (Å²) >= 11 is 6.32. The Hall–Kier alpha value is -1.77. The number of rotatable bonds is 4. The van der Waals surface area contributed by atoms with Crippen LogP contribution < -0.4 is 5.73 Å². The van der Waals surface area contributed by atoms with Crippen LogP contribution >= 0.6 is 24.0 Å². The number of hydrogen-bond donors (Lipinski definition) is 1. The van der Waals surface area contributed by atoms with Crippen LogP contribution in [0.2, 0.25) is 0 Å². The molecule has 2 rings (SSSR count). The van der Waals surface area contributed by atoms with Crippen molar-refractivity contribution >= 4 is 46.0 Å². The predicted molar refractivity (Wildman–Crippen MR) is 82.0 cm³/mol. The average Bonchev–Trinajstić information content (AvgIpc) is 2.67. The maximum atomic E-state index is 12.1. The number of carbonyl (C=O) groups excluding carboxylic acids is 1. The molecule has 1 aromatic rings. The van der Waals surface area contributed by atoms with Crippen LogP contribution in [0.1, 0.15) is 5.56 Å². The summed E-state index contributed by atoms with van der Waals surface area (Å²) < 4.78 is 0.480. The number of hydrogen-bond acceptors (Lipinski definition) is 6. The van der Waals surface area contributed by atoms with Gasteiger partial charge in [0.25, 0.3) is 11.6 Å². The number of thiocarbonyl (C=S) groups is 1. The summed E-state index contributed by atoms with van der Waals surface area (Å²) in [6.45, 7) is 0.736. The molecule has 0 aliphatic carbocycles. The Morgan fingerprint density at radius 2 is 2.05 bits per heavy atom. The van der Waals surface area contributed by atoms with E-state index in [4.69, 9.17) is 18.0 Å². The minimum atomic E-state index is -0.468. The van der Waals surface area contributed by atoms with E-state index in [0.29, 0.717) is 27.9 Å². The Balaban J connectivity index is 2.21. The minimum Gasteiger partial charge on any atom is -0.329 e. The van der Waals surface area contributed by atoms with Crippen LogP contribution in [-0.4, -0.2) is 33.1 Å². The lowest BCUT2D eigenvalue weighted by molar-refractivity contribution is -0.384. The number of thioether (sulfide) groups is 1. The lowest BCUT2D eigenvalue weighted by Gasteiger charge is -2.11. The van der Waals surface area contributed by atoms with Crippen LogP contribution in [0, 0.1) is 10.1 Å². The van der Waals surface area contributed by atoms with Crippen molar-refractivity contribution in [2.24, 2.45) is 5.73 Å². The first kappa shape index (κ1) is 14.6. The number of benzene rings is 1. The second-order valence-electron chi connectivity index (χ2n) is 3.97. The van der Waals surface area contributed by atoms with Gasteiger partial charge in [0.2, 0.25) is 0 Å². The summed E-state index contributed by atoms with van der Waals surface area (Å²) in [6.07, 6.45) is 1.67. The first-order chi connectivity index (χ1) is 9.52. The minimum absolute atomic E-state index is 0.0119. The van der Waals surface area contributed by atoms with Crippen molar-refractivity contribution in [3.8, 4) is 0 Å². The van der Waals surface area contributed by atoms with Gasteiger partial charge in [0.05, 0.1) is 9.83 Å². The Bertz CT molecular complexity index is 598. The van der Waals surface area contributed by atoms with Crippen molar-refractivity contribution < 1.29 is 9.72 Å². The van der Waals surface area contributed by atoms with Crippen molar-refractivity contribution in [3.63, 3.8) is 0 Å². The number of nitro benzene ring substituents is 1. The van der Waals surface area contributed by atoms with Gasteiger partial charge >= 0.3 is 0 Å². The Morgan fingerprint density at radius 1 is 1.40 bits per heavy atom. The second kappa shape index (κ2) is 6.12. The summed E-state index contributed by atoms with van der Waals surface area (Å²) in [6, 6.07) is 5.97. The zero-order valence-electron chi connectivity index (χ0n) is 10.3. The van der Waals surface area contributed by atoms with E-state index in [-0.39, 0.29) is 11.6 Å². The molecule has 1 aliphatic rings. The molecular weight excluding hydrogens is 298 g/mol. The van der Waals surface area contributed by atoms with Crippen LogP contribution in [0.4, 0.5) is 5.69 Å². The third kappa shape index (κ3) is 3.03. The van der Waals surface area contributed by atoms with Crippen LogP contribution in [0.25, 0.3) is 6.08 Å². The number of nitrogens with two attached hydrogens (primary N) is 1. The highest BCUT2D eigenvalue weighted by Gasteiger charge is 2.31. The molecule has 20 heavy (non-hydrogen) atoms. The SMILES string of the molecule is NCCN1C(=O)/C(=C\c2ccc([N+](=O)[O-])cc2)SC1=S. The molecule has 0 radical (unpaired) electrons. The average molecular weight is 309 g/mol. The Morgan fingerprint density at radius 3 is 2.60 bits per heavy atom. The Labute approximate surface area is 124 Å². The molecule has 0 bridgehead atoms. The van der Waals surface area contributed by atoms with Gasteiger partial charge in [0.1, 0.15) is 4.32 Å². The van der Waals surface area contributed by atoms with Crippen LogP contribution in [0.15, 0.2) is 29.2 Å². The molecule has 104 valence electrons. The van der Waals surface area contributed by atoms with Gasteiger partial charge in [-0.2, -0.15) is 0 Å². The molecule has 1 aliphatic heterocycles. The second-order valence-corrected chi connectivity index (χ2v) is 5.65. The van der Waals surface area contributed by atoms with Gasteiger partial charge in [0.15, 0.2) is 0 Å². The molecule has 0 saturated carbocycles. The van der Waals surface area contributed by atoms with E-state index >= 15 is 0 Å². The monoisotopic (exact) mass is 309 g/mol. The first-order valence-electron chi connectivity index (χ1n) is 5.73. The third-order valence-electron chi connectivity index (χ3n) is 2.63. The lowest BCUT2D eigenvalue weighted by Crippen LogP contribution is -2.32. The molecule has 0 unspecified atom stereocenters. The maximum absolute atomic E-state index is 12.1. The predicted octanol–water partition coefficient (Wildman–Crippen LogP) is 1.75. The normalized spacial score (nSPS) is 17.1. The summed E-state index contributed by atoms with van der Waals surface area (Å²) in [4.78, 5) is 24.1. The number of carbonyl (C=O) groups is 1. The highest BCUT2D eigenvalue weighted by molar-refractivity contribution is 8.26. The summed E-state index contributed by atoms with van der Waals surface area (Å²) in [5.74, 6) is -0.177. The van der Waals surface area contributed by atoms with Crippen LogP contribution in [0.5, 0.6) is 0 Å². The first-order valence-corrected chi connectivity index (χ1v) is 6.95. The van der Waals surface area contributed by atoms with E-state index in [2.05, 4.69) is 0 Å². The molecule has 1 saturated heterocycles. The van der Waals surface area contributed by atoms with Crippen molar-refractivity contribution in [1.82, 2.24) is 4.90 Å². The van der Waals surface area contributed by atoms with Crippen molar-refractivity contribution in [2.75, 3.05) is 13.1 Å². The van der Waals surface area contributed by atoms with Gasteiger partial charge in [0, 0.05) is 25.2 Å². The van der Waals surface area contributed by atoms with Crippen molar-refractivity contribution in [2.45, 2.75) is 0 Å². The van der Waals surface area contributed by atoms with E-state index in [1.165, 1.54) is 28.8 Å². The maximum Gasteiger partial charge on any atom is 0.269 e. The molecule has 0 spiro atoms. The zero-order valence-corrected chi connectivity index (χ0v) is 11.9. The fourth-order valence-electron chi connectivity index (χ4n) is 1.67. The smallest absolute Gasteiger partial charge is 0.269 e. The zero-order chi connectivity index (χ0) is 14.7. The van der Waals surface area contributed by atoms with E-state index < -0.39 is 4.92 Å². The Kier molecular flexibility index (Phi) is 4.48. The number of nitrogens with zero attached hydrogens (tertiary/aromatic N) is 2. The highest BCUT2D eigenvalue weighted by atomic mass is 32.2. The summed E-state index contributed by atoms with van der Waals surface area (Å²) in [5.41, 5.74) is 6.15. The number of nitro groups is 1. The van der Waals surface area contributed by atoms with Crippen LogP contribution in [-0.2, 0) is 4.79 Å². The van der Waals surface area contributed by atoms with Gasteiger partial charge in [-0.3, -0.25) is 19.8 Å². The lowest BCUT2D eigenvalue weighted by atomic mass is 10.2. The molecule has 1 amide bonds. The largest absolute Gasteiger partial charge is 0.329 e. The molecule has 0 aromatic heterocycles. The molecule has 1 fully saturated rings. The van der Waals surface area contributed by atoms with E-state index in [9.17, 15) is 14.9 Å². The van der Waals surface area contributed by atoms with E-state index in [1.54, 1.807) is 18.2 Å². The number of non-ortho nitro benzene ring substituents is 1. The quantitative estimate of drug-likeness (QED) is 0.394. The molecule has 6 nitrogen and oxygen atoms in total. The molecule has 0 atom stereocenters. The molecule has 2 N–H and O–H groups in total. The number of amides is 1. The molecule has 1 heterocycles. The standard InChI is InChI=1S/C12H11N3O3S2/c13-5-6-14-11(16)10(20-12(14)19)7-8-1-3-9(4-2-8)15(17)18/h1-4,7H,5-6,13H2/b10-7+. The van der Waals surface area contributed by atoms with Gasteiger partial charge in [-0.15, -0.1) is 0 Å². The van der Waals surface area contributed by atoms with Gasteiger partial charge in [-0.25, -0.2) is 0 Å². The van der Waals surface area contributed by atoms with Crippen molar-refractivity contribution in [1.29, 1.82) is 0 Å². The van der Waals surface area contributed by atoms with Crippen molar-refractivity contribution in [3.05, 3.63) is 44.8 Å². The van der Waals surface area contributed by atoms with Gasteiger partial charge in [-0.1, -0.05) is 24.0 Å². The van der Waals surface area contributed by atoms with E-state index in [0.717, 1.165) is 0 Å². The van der Waals surface area contributed by atoms with E-state index in [1.807, 2.05) is 0 Å².